The molecule has 0 unspecified atom stereocenters. The second-order valence-corrected chi connectivity index (χ2v) is 7.87. The molecule has 1 aliphatic rings. The quantitative estimate of drug-likeness (QED) is 0.389. The maximum absolute atomic E-state index is 13.5. The number of aliphatic imine (C=N–C) groups is 1. The third-order valence-corrected chi connectivity index (χ3v) is 5.22. The molecule has 6 heteroatoms. The summed E-state index contributed by atoms with van der Waals surface area (Å²) in [5.74, 6) is 0.804. The molecular formula is C21H33FN4O. The van der Waals surface area contributed by atoms with Crippen molar-refractivity contribution in [3.8, 4) is 0 Å². The number of halogens is 1. The van der Waals surface area contributed by atoms with Gasteiger partial charge in [0, 0.05) is 38.0 Å². The number of benzene rings is 1. The van der Waals surface area contributed by atoms with Crippen LogP contribution < -0.4 is 16.0 Å². The van der Waals surface area contributed by atoms with Crippen LogP contribution in [0.1, 0.15) is 51.5 Å². The van der Waals surface area contributed by atoms with E-state index in [1.165, 1.54) is 12.5 Å². The van der Waals surface area contributed by atoms with Crippen LogP contribution in [0.3, 0.4) is 0 Å². The molecule has 3 N–H and O–H groups in total. The topological polar surface area (TPSA) is 65.5 Å². The van der Waals surface area contributed by atoms with E-state index in [1.54, 1.807) is 19.2 Å². The number of hydrogen-bond donors (Lipinski definition) is 3. The molecule has 0 heterocycles. The third kappa shape index (κ3) is 6.85. The number of nitrogens with one attached hydrogen (secondary N) is 3. The summed E-state index contributed by atoms with van der Waals surface area (Å²) in [5, 5.41) is 9.51. The van der Waals surface area contributed by atoms with Gasteiger partial charge in [-0.2, -0.15) is 0 Å². The lowest BCUT2D eigenvalue weighted by Gasteiger charge is -2.27. The van der Waals surface area contributed by atoms with Crippen molar-refractivity contribution in [3.05, 3.63) is 35.6 Å². The van der Waals surface area contributed by atoms with E-state index in [9.17, 15) is 9.18 Å². The zero-order valence-corrected chi connectivity index (χ0v) is 16.8. The van der Waals surface area contributed by atoms with Crippen LogP contribution in [0.25, 0.3) is 0 Å². The van der Waals surface area contributed by atoms with Crippen LogP contribution in [0.2, 0.25) is 0 Å². The summed E-state index contributed by atoms with van der Waals surface area (Å²) < 4.78 is 13.5. The Hall–Kier alpha value is -2.11. The number of nitrogens with zero attached hydrogens (tertiary/aromatic N) is 1. The lowest BCUT2D eigenvalue weighted by Crippen LogP contribution is -2.46. The molecule has 0 spiro atoms. The van der Waals surface area contributed by atoms with Gasteiger partial charge in [0.25, 0.3) is 0 Å². The average molecular weight is 377 g/mol. The van der Waals surface area contributed by atoms with E-state index in [2.05, 4.69) is 34.8 Å². The zero-order valence-electron chi connectivity index (χ0n) is 16.8. The summed E-state index contributed by atoms with van der Waals surface area (Å²) in [6, 6.07) is 6.68. The summed E-state index contributed by atoms with van der Waals surface area (Å²) >= 11 is 0. The molecule has 0 bridgehead atoms. The summed E-state index contributed by atoms with van der Waals surface area (Å²) in [4.78, 5) is 16.4. The molecule has 5 nitrogen and oxygen atoms in total. The van der Waals surface area contributed by atoms with Crippen molar-refractivity contribution in [3.63, 3.8) is 0 Å². The maximum Gasteiger partial charge on any atom is 0.223 e. The molecule has 0 atom stereocenters. The maximum atomic E-state index is 13.5. The molecule has 1 fully saturated rings. The van der Waals surface area contributed by atoms with Crippen molar-refractivity contribution < 1.29 is 9.18 Å². The van der Waals surface area contributed by atoms with E-state index in [1.807, 2.05) is 6.07 Å². The summed E-state index contributed by atoms with van der Waals surface area (Å²) in [7, 11) is 1.71. The first-order valence-electron chi connectivity index (χ1n) is 9.90. The molecule has 1 aliphatic carbocycles. The van der Waals surface area contributed by atoms with Gasteiger partial charge < -0.3 is 16.0 Å². The van der Waals surface area contributed by atoms with Crippen molar-refractivity contribution in [1.82, 2.24) is 16.0 Å². The van der Waals surface area contributed by atoms with Gasteiger partial charge in [-0.1, -0.05) is 45.2 Å². The Bertz CT molecular complexity index is 639. The molecule has 1 aromatic carbocycles. The standard InChI is InChI=1S/C21H33FN4O/c1-21(2,17-10-7-11-18(22)14-17)15-26-20(23-3)25-13-12-24-19(27)16-8-5-4-6-9-16/h7,10-11,14,16H,4-6,8-9,12-13,15H2,1-3H3,(H,24,27)(H2,23,25,26). The predicted molar refractivity (Wildman–Crippen MR) is 108 cm³/mol. The van der Waals surface area contributed by atoms with Gasteiger partial charge in [-0.15, -0.1) is 0 Å². The van der Waals surface area contributed by atoms with Crippen LogP contribution in [0.15, 0.2) is 29.3 Å². The predicted octanol–water partition coefficient (Wildman–Crippen LogP) is 2.96. The van der Waals surface area contributed by atoms with Gasteiger partial charge >= 0.3 is 0 Å². The van der Waals surface area contributed by atoms with E-state index >= 15 is 0 Å². The molecule has 1 saturated carbocycles. The SMILES string of the molecule is CN=C(NCCNC(=O)C1CCCCC1)NCC(C)(C)c1cccc(F)c1. The summed E-state index contributed by atoms with van der Waals surface area (Å²) in [5.41, 5.74) is 0.694. The van der Waals surface area contributed by atoms with Crippen molar-refractivity contribution >= 4 is 11.9 Å². The fourth-order valence-electron chi connectivity index (χ4n) is 3.41. The van der Waals surface area contributed by atoms with E-state index in [0.717, 1.165) is 31.2 Å². The molecule has 0 aliphatic heterocycles. The first-order valence-corrected chi connectivity index (χ1v) is 9.90. The smallest absolute Gasteiger partial charge is 0.223 e. The van der Waals surface area contributed by atoms with Gasteiger partial charge in [-0.3, -0.25) is 9.79 Å². The minimum atomic E-state index is -0.241. The van der Waals surface area contributed by atoms with Gasteiger partial charge in [0.15, 0.2) is 5.96 Å². The molecule has 1 aromatic rings. The highest BCUT2D eigenvalue weighted by Gasteiger charge is 2.22. The minimum Gasteiger partial charge on any atom is -0.356 e. The molecular weight excluding hydrogens is 343 g/mol. The van der Waals surface area contributed by atoms with Gasteiger partial charge in [0.1, 0.15) is 5.82 Å². The Morgan fingerprint density at radius 3 is 2.52 bits per heavy atom. The zero-order chi connectivity index (χ0) is 19.7. The number of carbonyl (C=O) groups excluding carboxylic acids is 1. The van der Waals surface area contributed by atoms with Crippen LogP contribution in [0.4, 0.5) is 4.39 Å². The molecule has 2 rings (SSSR count). The highest BCUT2D eigenvalue weighted by molar-refractivity contribution is 5.80. The monoisotopic (exact) mass is 376 g/mol. The number of guanidine groups is 1. The highest BCUT2D eigenvalue weighted by Crippen LogP contribution is 2.24. The fourth-order valence-corrected chi connectivity index (χ4v) is 3.41. The van der Waals surface area contributed by atoms with Crippen LogP contribution in [-0.2, 0) is 10.2 Å². The van der Waals surface area contributed by atoms with Gasteiger partial charge in [-0.05, 0) is 30.5 Å². The average Bonchev–Trinajstić information content (AvgIpc) is 2.68. The van der Waals surface area contributed by atoms with E-state index in [4.69, 9.17) is 0 Å². The van der Waals surface area contributed by atoms with Gasteiger partial charge in [0.05, 0.1) is 0 Å². The molecule has 0 aromatic heterocycles. The highest BCUT2D eigenvalue weighted by atomic mass is 19.1. The van der Waals surface area contributed by atoms with Crippen LogP contribution in [0, 0.1) is 11.7 Å². The fraction of sp³-hybridized carbons (Fsp3) is 0.619. The number of hydrogen-bond acceptors (Lipinski definition) is 2. The second-order valence-electron chi connectivity index (χ2n) is 7.87. The largest absolute Gasteiger partial charge is 0.356 e. The Morgan fingerprint density at radius 2 is 1.85 bits per heavy atom. The Labute approximate surface area is 162 Å². The van der Waals surface area contributed by atoms with E-state index < -0.39 is 0 Å². The third-order valence-electron chi connectivity index (χ3n) is 5.22. The first kappa shape index (κ1) is 21.2. The van der Waals surface area contributed by atoms with Gasteiger partial charge in [-0.25, -0.2) is 4.39 Å². The van der Waals surface area contributed by atoms with Gasteiger partial charge in [0.2, 0.25) is 5.91 Å². The first-order chi connectivity index (χ1) is 12.9. The normalized spacial score (nSPS) is 16.1. The van der Waals surface area contributed by atoms with Crippen molar-refractivity contribution in [2.45, 2.75) is 51.4 Å². The number of amides is 1. The van der Waals surface area contributed by atoms with E-state index in [-0.39, 0.29) is 23.1 Å². The lowest BCUT2D eigenvalue weighted by atomic mass is 9.84. The lowest BCUT2D eigenvalue weighted by molar-refractivity contribution is -0.125. The molecule has 150 valence electrons. The Balaban J connectivity index is 1.71. The molecule has 0 saturated heterocycles. The summed E-state index contributed by atoms with van der Waals surface area (Å²) in [6.45, 7) is 5.92. The van der Waals surface area contributed by atoms with Crippen molar-refractivity contribution in [1.29, 1.82) is 0 Å². The second kappa shape index (κ2) is 10.3. The van der Waals surface area contributed by atoms with Crippen molar-refractivity contribution in [2.75, 3.05) is 26.7 Å². The van der Waals surface area contributed by atoms with Crippen LogP contribution in [0.5, 0.6) is 0 Å². The molecule has 0 radical (unpaired) electrons. The van der Waals surface area contributed by atoms with Crippen molar-refractivity contribution in [2.24, 2.45) is 10.9 Å². The number of carbonyl (C=O) groups is 1. The van der Waals surface area contributed by atoms with Crippen LogP contribution in [-0.4, -0.2) is 38.5 Å². The van der Waals surface area contributed by atoms with E-state index in [0.29, 0.717) is 25.6 Å². The molecule has 1 amide bonds. The molecule has 27 heavy (non-hydrogen) atoms. The summed E-state index contributed by atoms with van der Waals surface area (Å²) in [6.07, 6.45) is 5.59. The Morgan fingerprint density at radius 1 is 1.15 bits per heavy atom. The Kier molecular flexibility index (Phi) is 8.07. The minimum absolute atomic E-state index is 0.173. The van der Waals surface area contributed by atoms with Crippen LogP contribution >= 0.6 is 0 Å². The number of rotatable bonds is 7.